The van der Waals surface area contributed by atoms with Crippen LogP contribution in [0.3, 0.4) is 0 Å². The van der Waals surface area contributed by atoms with Gasteiger partial charge < -0.3 is 30.5 Å². The van der Waals surface area contributed by atoms with Crippen LogP contribution >= 0.6 is 0 Å². The van der Waals surface area contributed by atoms with E-state index in [2.05, 4.69) is 82.4 Å². The second kappa shape index (κ2) is 15.6. The topological polar surface area (TPSA) is 23.8 Å². The van der Waals surface area contributed by atoms with Gasteiger partial charge in [-0.3, -0.25) is 0 Å². The Morgan fingerprint density at radius 2 is 1.46 bits per heavy atom. The SMILES string of the molecule is CC(C)(C)c1cccc([NH-])c1.C[Si]C.[Cl-].[Cl-].[Hf+4].c1ccc2[cH-]ccc2c1. The van der Waals surface area contributed by atoms with Gasteiger partial charge in [0, 0.05) is 9.52 Å². The Morgan fingerprint density at radius 1 is 0.885 bits per heavy atom. The minimum absolute atomic E-state index is 0. The summed E-state index contributed by atoms with van der Waals surface area (Å²) in [5.41, 5.74) is 9.40. The summed E-state index contributed by atoms with van der Waals surface area (Å²) in [4.78, 5) is 0. The van der Waals surface area contributed by atoms with Crippen LogP contribution in [-0.2, 0) is 31.3 Å². The maximum atomic E-state index is 7.42. The van der Waals surface area contributed by atoms with Crippen molar-refractivity contribution in [2.24, 2.45) is 0 Å². The molecule has 0 unspecified atom stereocenters. The fourth-order valence-corrected chi connectivity index (χ4v) is 2.06. The number of halogens is 2. The van der Waals surface area contributed by atoms with Crippen molar-refractivity contribution in [2.75, 3.05) is 0 Å². The standard InChI is InChI=1S/C10H14N.C9H7.C2H6Si.2ClH.Hf/c1-10(2,3)8-5-4-6-9(11)7-8;1-2-5-9-7-3-6-8(9)4-1;1-3-2;;;/h4-7,11H,1-3H3;1-7H;1-2H3;2*1H;/q2*-1;;;;+4/p-2. The van der Waals surface area contributed by atoms with Gasteiger partial charge in [0.05, 0.1) is 0 Å². The summed E-state index contributed by atoms with van der Waals surface area (Å²) in [6.45, 7) is 10.8. The third-order valence-corrected chi connectivity index (χ3v) is 3.28. The Bertz CT molecular complexity index is 678. The summed E-state index contributed by atoms with van der Waals surface area (Å²) in [6, 6.07) is 22.4. The molecule has 0 saturated heterocycles. The van der Waals surface area contributed by atoms with Crippen molar-refractivity contribution in [1.82, 2.24) is 0 Å². The average Bonchev–Trinajstić information content (AvgIpc) is 2.96. The number of hydrogen-bond donors (Lipinski definition) is 0. The van der Waals surface area contributed by atoms with E-state index in [1.807, 2.05) is 12.1 Å². The van der Waals surface area contributed by atoms with Crippen LogP contribution in [-0.4, -0.2) is 9.52 Å². The minimum atomic E-state index is 0. The summed E-state index contributed by atoms with van der Waals surface area (Å²) < 4.78 is 0. The zero-order chi connectivity index (χ0) is 17.3. The molecule has 3 aromatic carbocycles. The first-order chi connectivity index (χ1) is 10.9. The first-order valence-electron chi connectivity index (χ1n) is 7.89. The molecule has 0 aliphatic carbocycles. The molecule has 1 N–H and O–H groups in total. The summed E-state index contributed by atoms with van der Waals surface area (Å²) >= 11 is 0. The van der Waals surface area contributed by atoms with Gasteiger partial charge >= 0.3 is 25.8 Å². The molecule has 1 nitrogen and oxygen atoms in total. The Morgan fingerprint density at radius 3 is 1.92 bits per heavy atom. The zero-order valence-electron chi connectivity index (χ0n) is 16.1. The van der Waals surface area contributed by atoms with Gasteiger partial charge in [-0.15, -0.1) is 35.3 Å². The zero-order valence-corrected chi connectivity index (χ0v) is 22.2. The van der Waals surface area contributed by atoms with Crippen LogP contribution in [0.2, 0.25) is 13.1 Å². The third kappa shape index (κ3) is 11.3. The molecule has 3 aromatic rings. The smallest absolute Gasteiger partial charge is 1.00 e. The normalized spacial score (nSPS) is 9.12. The van der Waals surface area contributed by atoms with E-state index in [9.17, 15) is 0 Å². The van der Waals surface area contributed by atoms with Crippen LogP contribution in [0.5, 0.6) is 0 Å². The van der Waals surface area contributed by atoms with E-state index in [4.69, 9.17) is 5.73 Å². The van der Waals surface area contributed by atoms with Gasteiger partial charge in [-0.05, 0) is 11.0 Å². The van der Waals surface area contributed by atoms with Gasteiger partial charge in [-0.1, -0.05) is 64.2 Å². The van der Waals surface area contributed by atoms with E-state index in [1.165, 1.54) is 16.3 Å². The van der Waals surface area contributed by atoms with E-state index < -0.39 is 0 Å². The van der Waals surface area contributed by atoms with Crippen molar-refractivity contribution >= 4 is 26.0 Å². The molecule has 0 spiro atoms. The van der Waals surface area contributed by atoms with Crippen LogP contribution in [0.25, 0.3) is 16.5 Å². The van der Waals surface area contributed by atoms with Crippen LogP contribution < -0.4 is 24.8 Å². The van der Waals surface area contributed by atoms with E-state index in [-0.39, 0.29) is 56.1 Å². The van der Waals surface area contributed by atoms with E-state index in [0.717, 1.165) is 9.52 Å². The van der Waals surface area contributed by atoms with E-state index >= 15 is 0 Å². The molecule has 0 saturated carbocycles. The number of benzene rings is 2. The quantitative estimate of drug-likeness (QED) is 0.285. The Balaban J connectivity index is -0.000000324. The number of fused-ring (bicyclic) bond motifs is 1. The Hall–Kier alpha value is -0.483. The molecule has 0 aromatic heterocycles. The summed E-state index contributed by atoms with van der Waals surface area (Å²) in [7, 11) is 1.08. The summed E-state index contributed by atoms with van der Waals surface area (Å²) in [6.07, 6.45) is 0. The summed E-state index contributed by atoms with van der Waals surface area (Å²) in [5.74, 6) is 0. The molecule has 0 aliphatic rings. The van der Waals surface area contributed by atoms with Crippen LogP contribution in [0.4, 0.5) is 5.69 Å². The predicted octanol–water partition coefficient (Wildman–Crippen LogP) is 1.02. The molecule has 0 bridgehead atoms. The van der Waals surface area contributed by atoms with Crippen LogP contribution in [0, 0.1) is 0 Å². The second-order valence-electron chi connectivity index (χ2n) is 6.49. The molecule has 0 fully saturated rings. The van der Waals surface area contributed by atoms with Crippen LogP contribution in [0.15, 0.2) is 66.7 Å². The van der Waals surface area contributed by atoms with Crippen LogP contribution in [0.1, 0.15) is 26.3 Å². The Labute approximate surface area is 192 Å². The van der Waals surface area contributed by atoms with Gasteiger partial charge in [0.25, 0.3) is 0 Å². The average molecular weight is 571 g/mol. The molecular weight excluding hydrogens is 544 g/mol. The molecule has 26 heavy (non-hydrogen) atoms. The molecule has 2 radical (unpaired) electrons. The second-order valence-corrected chi connectivity index (χ2v) is 7.49. The number of nitrogens with one attached hydrogen (secondary N) is 1. The van der Waals surface area contributed by atoms with Gasteiger partial charge in [0.1, 0.15) is 0 Å². The minimum Gasteiger partial charge on any atom is -1.00 e. The number of hydrogen-bond acceptors (Lipinski definition) is 0. The first kappa shape index (κ1) is 30.3. The van der Waals surface area contributed by atoms with Crippen molar-refractivity contribution in [3.05, 3.63) is 78.0 Å². The largest absolute Gasteiger partial charge is 4.00 e. The van der Waals surface area contributed by atoms with Crippen molar-refractivity contribution in [2.45, 2.75) is 39.3 Å². The summed E-state index contributed by atoms with van der Waals surface area (Å²) in [5, 5.41) is 2.66. The molecule has 5 heteroatoms. The maximum absolute atomic E-state index is 7.42. The maximum Gasteiger partial charge on any atom is 4.00 e. The molecule has 0 heterocycles. The molecule has 3 rings (SSSR count). The molecule has 0 atom stereocenters. The molecule has 0 amide bonds. The number of rotatable bonds is 0. The van der Waals surface area contributed by atoms with Crippen molar-refractivity contribution < 1.29 is 50.7 Å². The first-order valence-corrected chi connectivity index (χ1v) is 9.89. The van der Waals surface area contributed by atoms with Gasteiger partial charge in [0.2, 0.25) is 0 Å². The van der Waals surface area contributed by atoms with Gasteiger partial charge in [0.15, 0.2) is 0 Å². The molecule has 138 valence electrons. The van der Waals surface area contributed by atoms with E-state index in [1.54, 1.807) is 6.07 Å². The van der Waals surface area contributed by atoms with Crippen molar-refractivity contribution in [3.63, 3.8) is 0 Å². The fourth-order valence-electron chi connectivity index (χ4n) is 2.06. The predicted molar refractivity (Wildman–Crippen MR) is 106 cm³/mol. The monoisotopic (exact) mass is 571 g/mol. The third-order valence-electron chi connectivity index (χ3n) is 3.28. The Kier molecular flexibility index (Phi) is 18.1. The molecule has 0 aliphatic heterocycles. The van der Waals surface area contributed by atoms with Gasteiger partial charge in [-0.25, -0.2) is 0 Å². The van der Waals surface area contributed by atoms with Crippen molar-refractivity contribution in [3.8, 4) is 0 Å². The fraction of sp³-hybridized carbons (Fsp3) is 0.286. The molecular formula is C21H27Cl2HfNSi. The van der Waals surface area contributed by atoms with Crippen molar-refractivity contribution in [1.29, 1.82) is 0 Å². The van der Waals surface area contributed by atoms with E-state index in [0.29, 0.717) is 5.69 Å². The van der Waals surface area contributed by atoms with Gasteiger partial charge in [-0.2, -0.15) is 17.5 Å².